The van der Waals surface area contributed by atoms with E-state index in [1.54, 1.807) is 42.5 Å². The normalized spacial score (nSPS) is 20.9. The second-order valence-electron chi connectivity index (χ2n) is 7.74. The molecule has 6 nitrogen and oxygen atoms in total. The molecule has 0 aromatic heterocycles. The van der Waals surface area contributed by atoms with Gasteiger partial charge in [0.05, 0.1) is 18.8 Å². The van der Waals surface area contributed by atoms with Gasteiger partial charge in [0.15, 0.2) is 0 Å². The number of hydrogen-bond donors (Lipinski definition) is 2. The molecule has 2 atom stereocenters. The van der Waals surface area contributed by atoms with Crippen LogP contribution in [0.1, 0.15) is 41.6 Å². The van der Waals surface area contributed by atoms with Crippen LogP contribution in [0.4, 0.5) is 14.9 Å². The van der Waals surface area contributed by atoms with Crippen LogP contribution in [-0.4, -0.2) is 42.1 Å². The molecule has 1 saturated heterocycles. The number of carbonyl (C=O) groups is 2. The van der Waals surface area contributed by atoms with Crippen molar-refractivity contribution in [3.8, 4) is 0 Å². The summed E-state index contributed by atoms with van der Waals surface area (Å²) in [5.41, 5.74) is 1.38. The molecule has 30 heavy (non-hydrogen) atoms. The fraction of sp³-hybridized carbons (Fsp3) is 0.391. The van der Waals surface area contributed by atoms with Crippen molar-refractivity contribution in [1.82, 2.24) is 10.2 Å². The maximum atomic E-state index is 13.7. The van der Waals surface area contributed by atoms with Crippen LogP contribution in [-0.2, 0) is 11.3 Å². The number of anilines is 1. The number of rotatable bonds is 4. The van der Waals surface area contributed by atoms with E-state index in [9.17, 15) is 14.0 Å². The second kappa shape index (κ2) is 9.26. The first-order chi connectivity index (χ1) is 14.6. The Balaban J connectivity index is 1.38. The first-order valence-corrected chi connectivity index (χ1v) is 10.4. The molecule has 3 amide bonds. The van der Waals surface area contributed by atoms with Crippen molar-refractivity contribution in [2.24, 2.45) is 0 Å². The van der Waals surface area contributed by atoms with Gasteiger partial charge in [0, 0.05) is 29.9 Å². The van der Waals surface area contributed by atoms with E-state index in [4.69, 9.17) is 4.74 Å². The van der Waals surface area contributed by atoms with Gasteiger partial charge in [0.2, 0.25) is 0 Å². The van der Waals surface area contributed by atoms with Gasteiger partial charge in [-0.05, 0) is 37.1 Å². The Kier molecular flexibility index (Phi) is 6.28. The predicted molar refractivity (Wildman–Crippen MR) is 112 cm³/mol. The van der Waals surface area contributed by atoms with Gasteiger partial charge in [-0.25, -0.2) is 9.18 Å². The lowest BCUT2D eigenvalue weighted by molar-refractivity contribution is -0.0694. The van der Waals surface area contributed by atoms with Crippen LogP contribution >= 0.6 is 0 Å². The van der Waals surface area contributed by atoms with Crippen LogP contribution in [0.15, 0.2) is 48.5 Å². The highest BCUT2D eigenvalue weighted by Gasteiger charge is 2.36. The van der Waals surface area contributed by atoms with Gasteiger partial charge in [-0.3, -0.25) is 4.79 Å². The van der Waals surface area contributed by atoms with Gasteiger partial charge < -0.3 is 20.3 Å². The van der Waals surface area contributed by atoms with E-state index in [0.29, 0.717) is 30.0 Å². The number of amides is 3. The molecular formula is C23H26FN3O3. The van der Waals surface area contributed by atoms with Crippen LogP contribution in [0, 0.1) is 5.82 Å². The summed E-state index contributed by atoms with van der Waals surface area (Å²) >= 11 is 0. The number of fused-ring (bicyclic) bond motifs is 1. The maximum Gasteiger partial charge on any atom is 0.322 e. The SMILES string of the molecule is O=C(NCc1ccccc1F)c1cccc(NC(=O)N2CCO[C@@H]3CCCC[C@H]32)c1. The second-order valence-corrected chi connectivity index (χ2v) is 7.74. The number of hydrogen-bond acceptors (Lipinski definition) is 3. The van der Waals surface area contributed by atoms with Gasteiger partial charge >= 0.3 is 6.03 Å². The van der Waals surface area contributed by atoms with Crippen molar-refractivity contribution in [1.29, 1.82) is 0 Å². The third kappa shape index (κ3) is 4.62. The Bertz CT molecular complexity index is 918. The summed E-state index contributed by atoms with van der Waals surface area (Å²) in [7, 11) is 0. The number of carbonyl (C=O) groups excluding carboxylic acids is 2. The fourth-order valence-corrected chi connectivity index (χ4v) is 4.20. The van der Waals surface area contributed by atoms with Gasteiger partial charge in [0.1, 0.15) is 5.82 Å². The van der Waals surface area contributed by atoms with Crippen molar-refractivity contribution in [3.05, 3.63) is 65.5 Å². The quantitative estimate of drug-likeness (QED) is 0.801. The first-order valence-electron chi connectivity index (χ1n) is 10.4. The Morgan fingerprint density at radius 3 is 2.80 bits per heavy atom. The molecule has 1 saturated carbocycles. The Labute approximate surface area is 175 Å². The molecule has 0 unspecified atom stereocenters. The molecule has 2 aromatic carbocycles. The summed E-state index contributed by atoms with van der Waals surface area (Å²) in [5.74, 6) is -0.682. The summed E-state index contributed by atoms with van der Waals surface area (Å²) in [6.07, 6.45) is 4.31. The molecule has 2 fully saturated rings. The molecule has 4 rings (SSSR count). The van der Waals surface area contributed by atoms with Crippen molar-refractivity contribution in [2.45, 2.75) is 44.4 Å². The van der Waals surface area contributed by atoms with E-state index in [1.807, 2.05) is 4.90 Å². The molecule has 1 aliphatic carbocycles. The Hall–Kier alpha value is -2.93. The molecule has 158 valence electrons. The molecule has 1 aliphatic heterocycles. The van der Waals surface area contributed by atoms with Crippen molar-refractivity contribution >= 4 is 17.6 Å². The molecular weight excluding hydrogens is 385 g/mol. The number of halogens is 1. The summed E-state index contributed by atoms with van der Waals surface area (Å²) in [4.78, 5) is 27.2. The number of morpholine rings is 1. The van der Waals surface area contributed by atoms with Crippen LogP contribution in [0.3, 0.4) is 0 Å². The highest BCUT2D eigenvalue weighted by Crippen LogP contribution is 2.29. The molecule has 0 radical (unpaired) electrons. The minimum absolute atomic E-state index is 0.0962. The van der Waals surface area contributed by atoms with Crippen LogP contribution < -0.4 is 10.6 Å². The molecule has 0 bridgehead atoms. The van der Waals surface area contributed by atoms with Crippen molar-refractivity contribution in [2.75, 3.05) is 18.5 Å². The van der Waals surface area contributed by atoms with Gasteiger partial charge in [-0.2, -0.15) is 0 Å². The molecule has 2 aromatic rings. The Morgan fingerprint density at radius 1 is 1.10 bits per heavy atom. The average Bonchev–Trinajstić information content (AvgIpc) is 2.78. The third-order valence-electron chi connectivity index (χ3n) is 5.77. The van der Waals surface area contributed by atoms with E-state index in [2.05, 4.69) is 10.6 Å². The number of nitrogens with one attached hydrogen (secondary N) is 2. The summed E-state index contributed by atoms with van der Waals surface area (Å²) in [6, 6.07) is 13.0. The third-order valence-corrected chi connectivity index (χ3v) is 5.77. The molecule has 7 heteroatoms. The lowest BCUT2D eigenvalue weighted by atomic mass is 9.90. The van der Waals surface area contributed by atoms with Gasteiger partial charge in [0.25, 0.3) is 5.91 Å². The van der Waals surface area contributed by atoms with Crippen LogP contribution in [0.2, 0.25) is 0 Å². The topological polar surface area (TPSA) is 70.7 Å². The maximum absolute atomic E-state index is 13.7. The van der Waals surface area contributed by atoms with E-state index in [-0.39, 0.29) is 36.4 Å². The van der Waals surface area contributed by atoms with E-state index in [0.717, 1.165) is 25.7 Å². The summed E-state index contributed by atoms with van der Waals surface area (Å²) < 4.78 is 19.6. The zero-order valence-corrected chi connectivity index (χ0v) is 16.8. The minimum Gasteiger partial charge on any atom is -0.374 e. The zero-order chi connectivity index (χ0) is 20.9. The number of urea groups is 1. The van der Waals surface area contributed by atoms with E-state index >= 15 is 0 Å². The van der Waals surface area contributed by atoms with Crippen LogP contribution in [0.5, 0.6) is 0 Å². The lowest BCUT2D eigenvalue weighted by Gasteiger charge is -2.43. The molecule has 0 spiro atoms. The number of benzene rings is 2. The fourth-order valence-electron chi connectivity index (χ4n) is 4.20. The smallest absolute Gasteiger partial charge is 0.322 e. The summed E-state index contributed by atoms with van der Waals surface area (Å²) in [6.45, 7) is 1.21. The standard InChI is InChI=1S/C23H26FN3O3/c24-19-9-2-1-6-17(19)15-25-22(28)16-7-5-8-18(14-16)26-23(29)27-12-13-30-21-11-4-3-10-20(21)27/h1-2,5-9,14,20-21H,3-4,10-13,15H2,(H,25,28)(H,26,29)/t20-,21-/m1/s1. The van der Waals surface area contributed by atoms with Gasteiger partial charge in [-0.1, -0.05) is 37.1 Å². The van der Waals surface area contributed by atoms with Gasteiger partial charge in [-0.15, -0.1) is 0 Å². The van der Waals surface area contributed by atoms with Crippen molar-refractivity contribution < 1.29 is 18.7 Å². The highest BCUT2D eigenvalue weighted by atomic mass is 19.1. The Morgan fingerprint density at radius 2 is 1.93 bits per heavy atom. The van der Waals surface area contributed by atoms with E-state index < -0.39 is 0 Å². The predicted octanol–water partition coefficient (Wildman–Crippen LogP) is 3.93. The van der Waals surface area contributed by atoms with E-state index in [1.165, 1.54) is 6.07 Å². The van der Waals surface area contributed by atoms with Crippen LogP contribution in [0.25, 0.3) is 0 Å². The number of ether oxygens (including phenoxy) is 1. The highest BCUT2D eigenvalue weighted by molar-refractivity contribution is 5.97. The number of nitrogens with zero attached hydrogens (tertiary/aromatic N) is 1. The molecule has 2 aliphatic rings. The summed E-state index contributed by atoms with van der Waals surface area (Å²) in [5, 5.41) is 5.63. The largest absolute Gasteiger partial charge is 0.374 e. The van der Waals surface area contributed by atoms with Crippen molar-refractivity contribution in [3.63, 3.8) is 0 Å². The molecule has 1 heterocycles. The zero-order valence-electron chi connectivity index (χ0n) is 16.8. The minimum atomic E-state index is -0.356. The molecule has 2 N–H and O–H groups in total. The lowest BCUT2D eigenvalue weighted by Crippen LogP contribution is -2.55. The first kappa shape index (κ1) is 20.3. The monoisotopic (exact) mass is 411 g/mol. The average molecular weight is 411 g/mol.